The molecule has 2 aromatic carbocycles. The molecule has 0 fully saturated rings. The molecule has 3 rings (SSSR count). The molecule has 0 aliphatic carbocycles. The zero-order valence-corrected chi connectivity index (χ0v) is 17.5. The number of para-hydroxylation sites is 1. The Labute approximate surface area is 178 Å². The number of hydrogen-bond donors (Lipinski definition) is 0. The fraction of sp³-hybridized carbons (Fsp3) is 0.269. The lowest BCUT2D eigenvalue weighted by atomic mass is 9.74. The Balaban J connectivity index is 1.67. The number of ether oxygens (including phenoxy) is 1. The molecule has 1 atom stereocenters. The minimum Gasteiger partial charge on any atom is -0.439 e. The Morgan fingerprint density at radius 1 is 0.966 bits per heavy atom. The smallest absolute Gasteiger partial charge is 0.219 e. The maximum Gasteiger partial charge on any atom is 0.219 e. The van der Waals surface area contributed by atoms with Crippen molar-refractivity contribution < 1.29 is 4.74 Å². The highest BCUT2D eigenvalue weighted by Gasteiger charge is 2.28. The maximum atomic E-state index is 6.07. The minimum atomic E-state index is -0.266. The van der Waals surface area contributed by atoms with Gasteiger partial charge >= 0.3 is 0 Å². The molecule has 0 radical (unpaired) electrons. The van der Waals surface area contributed by atoms with E-state index in [1.165, 1.54) is 5.56 Å². The first kappa shape index (κ1) is 21.0. The summed E-state index contributed by atoms with van der Waals surface area (Å²) in [5.74, 6) is 4.49. The topological polar surface area (TPSA) is 22.1 Å². The molecule has 1 unspecified atom stereocenters. The Morgan fingerprint density at radius 3 is 2.41 bits per heavy atom. The second-order valence-electron chi connectivity index (χ2n) is 7.22. The highest BCUT2D eigenvalue weighted by Crippen LogP contribution is 2.35. The lowest BCUT2D eigenvalue weighted by Gasteiger charge is -2.29. The third-order valence-corrected chi connectivity index (χ3v) is 5.39. The van der Waals surface area contributed by atoms with E-state index in [-0.39, 0.29) is 5.41 Å². The predicted octanol–water partition coefficient (Wildman–Crippen LogP) is 7.22. The van der Waals surface area contributed by atoms with Crippen LogP contribution in [0.3, 0.4) is 0 Å². The summed E-state index contributed by atoms with van der Waals surface area (Å²) in [7, 11) is 0. The molecule has 2 nitrogen and oxygen atoms in total. The number of benzene rings is 2. The van der Waals surface area contributed by atoms with Crippen molar-refractivity contribution in [1.29, 1.82) is 0 Å². The van der Waals surface area contributed by atoms with Gasteiger partial charge in [0.05, 0.1) is 5.41 Å². The van der Waals surface area contributed by atoms with E-state index in [1.54, 1.807) is 0 Å². The van der Waals surface area contributed by atoms with Crippen LogP contribution >= 0.6 is 11.6 Å². The minimum absolute atomic E-state index is 0.266. The second kappa shape index (κ2) is 10.1. The van der Waals surface area contributed by atoms with Gasteiger partial charge in [-0.3, -0.25) is 0 Å². The number of hydrogen-bond acceptors (Lipinski definition) is 2. The number of aromatic nitrogens is 1. The van der Waals surface area contributed by atoms with E-state index in [4.69, 9.17) is 22.8 Å². The van der Waals surface area contributed by atoms with Crippen molar-refractivity contribution in [3.63, 3.8) is 0 Å². The van der Waals surface area contributed by atoms with Crippen LogP contribution in [0.25, 0.3) is 0 Å². The zero-order valence-electron chi connectivity index (χ0n) is 16.8. The summed E-state index contributed by atoms with van der Waals surface area (Å²) in [5.41, 5.74) is 1.91. The molecule has 0 saturated heterocycles. The molecule has 0 N–H and O–H groups in total. The van der Waals surface area contributed by atoms with E-state index in [1.807, 2.05) is 60.7 Å². The summed E-state index contributed by atoms with van der Waals surface area (Å²) in [4.78, 5) is 4.65. The predicted molar refractivity (Wildman–Crippen MR) is 121 cm³/mol. The van der Waals surface area contributed by atoms with Crippen LogP contribution in [0.5, 0.6) is 11.6 Å². The first-order valence-corrected chi connectivity index (χ1v) is 10.5. The Morgan fingerprint density at radius 2 is 1.72 bits per heavy atom. The maximum absolute atomic E-state index is 6.07. The Kier molecular flexibility index (Phi) is 7.33. The highest BCUT2D eigenvalue weighted by molar-refractivity contribution is 6.30. The number of rotatable bonds is 9. The number of aryl methyl sites for hydroxylation is 1. The van der Waals surface area contributed by atoms with Gasteiger partial charge in [-0.25, -0.2) is 4.98 Å². The van der Waals surface area contributed by atoms with Crippen LogP contribution in [0.1, 0.15) is 43.9 Å². The molecule has 1 aromatic heterocycles. The molecule has 3 heteroatoms. The van der Waals surface area contributed by atoms with Gasteiger partial charge in [-0.1, -0.05) is 67.3 Å². The van der Waals surface area contributed by atoms with Crippen LogP contribution in [0.4, 0.5) is 0 Å². The van der Waals surface area contributed by atoms with E-state index in [0.29, 0.717) is 5.88 Å². The monoisotopic (exact) mass is 403 g/mol. The summed E-state index contributed by atoms with van der Waals surface area (Å²) in [6.07, 6.45) is 10.7. The van der Waals surface area contributed by atoms with Gasteiger partial charge in [0.15, 0.2) is 0 Å². The van der Waals surface area contributed by atoms with Crippen molar-refractivity contribution in [2.45, 2.75) is 44.4 Å². The quantitative estimate of drug-likeness (QED) is 0.352. The number of nitrogens with zero attached hydrogens (tertiary/aromatic N) is 1. The molecule has 0 amide bonds. The largest absolute Gasteiger partial charge is 0.439 e. The summed E-state index contributed by atoms with van der Waals surface area (Å²) < 4.78 is 5.85. The summed E-state index contributed by atoms with van der Waals surface area (Å²) >= 11 is 6.07. The zero-order chi connectivity index (χ0) is 20.5. The third-order valence-electron chi connectivity index (χ3n) is 5.13. The second-order valence-corrected chi connectivity index (χ2v) is 7.66. The number of halogens is 1. The van der Waals surface area contributed by atoms with Crippen LogP contribution < -0.4 is 4.74 Å². The lowest BCUT2D eigenvalue weighted by molar-refractivity contribution is 0.443. The molecule has 0 bridgehead atoms. The first-order valence-electron chi connectivity index (χ1n) is 10.1. The van der Waals surface area contributed by atoms with Crippen molar-refractivity contribution >= 4 is 11.6 Å². The Hall–Kier alpha value is -2.76. The van der Waals surface area contributed by atoms with Gasteiger partial charge in [-0.15, -0.1) is 6.42 Å². The van der Waals surface area contributed by atoms with Gasteiger partial charge in [-0.05, 0) is 61.6 Å². The van der Waals surface area contributed by atoms with Crippen LogP contribution in [-0.2, 0) is 11.8 Å². The molecule has 0 aliphatic heterocycles. The van der Waals surface area contributed by atoms with Crippen molar-refractivity contribution in [3.05, 3.63) is 89.1 Å². The van der Waals surface area contributed by atoms with Gasteiger partial charge in [0.25, 0.3) is 0 Å². The molecule has 3 aromatic rings. The molecule has 0 aliphatic rings. The van der Waals surface area contributed by atoms with Gasteiger partial charge in [0, 0.05) is 16.8 Å². The lowest BCUT2D eigenvalue weighted by Crippen LogP contribution is -2.24. The van der Waals surface area contributed by atoms with E-state index in [0.717, 1.165) is 48.6 Å². The average Bonchev–Trinajstić information content (AvgIpc) is 2.75. The third kappa shape index (κ3) is 5.62. The molecule has 1 heterocycles. The van der Waals surface area contributed by atoms with E-state index in [2.05, 4.69) is 30.0 Å². The normalized spacial score (nSPS) is 12.7. The van der Waals surface area contributed by atoms with Crippen molar-refractivity contribution in [2.24, 2.45) is 0 Å². The van der Waals surface area contributed by atoms with Gasteiger partial charge in [0.1, 0.15) is 5.75 Å². The molecule has 29 heavy (non-hydrogen) atoms. The first-order chi connectivity index (χ1) is 14.1. The fourth-order valence-electron chi connectivity index (χ4n) is 3.67. The summed E-state index contributed by atoms with van der Waals surface area (Å²) in [6.45, 7) is 2.17. The molecular weight excluding hydrogens is 378 g/mol. The Bertz CT molecular complexity index is 946. The van der Waals surface area contributed by atoms with E-state index in [9.17, 15) is 0 Å². The number of pyridine rings is 1. The standard InChI is InChI=1S/C26H26ClNO/c1-3-19-26(4-2,21-15-17-22(27)18-16-21)20-9-11-23-10-8-14-25(28-23)29-24-12-6-5-7-13-24/h2,5-8,10,12-18H,3,9,11,19-20H2,1H3. The van der Waals surface area contributed by atoms with Gasteiger partial charge < -0.3 is 4.74 Å². The number of terminal acetylenes is 1. The molecular formula is C26H26ClNO. The van der Waals surface area contributed by atoms with Crippen LogP contribution in [0, 0.1) is 12.3 Å². The highest BCUT2D eigenvalue weighted by atomic mass is 35.5. The van der Waals surface area contributed by atoms with Crippen molar-refractivity contribution in [2.75, 3.05) is 0 Å². The van der Waals surface area contributed by atoms with Crippen molar-refractivity contribution in [1.82, 2.24) is 4.98 Å². The van der Waals surface area contributed by atoms with Crippen LogP contribution in [0.15, 0.2) is 72.8 Å². The van der Waals surface area contributed by atoms with Gasteiger partial charge in [0.2, 0.25) is 5.88 Å². The fourth-order valence-corrected chi connectivity index (χ4v) is 3.80. The van der Waals surface area contributed by atoms with Crippen LogP contribution in [-0.4, -0.2) is 4.98 Å². The van der Waals surface area contributed by atoms with Crippen LogP contribution in [0.2, 0.25) is 5.02 Å². The molecule has 0 spiro atoms. The SMILES string of the molecule is C#CC(CCC)(CCCc1cccc(Oc2ccccc2)n1)c1ccc(Cl)cc1. The van der Waals surface area contributed by atoms with Gasteiger partial charge in [-0.2, -0.15) is 0 Å². The van der Waals surface area contributed by atoms with Crippen molar-refractivity contribution in [3.8, 4) is 24.0 Å². The molecule has 0 saturated carbocycles. The summed E-state index contributed by atoms with van der Waals surface area (Å²) in [6, 6.07) is 23.6. The van der Waals surface area contributed by atoms with E-state index < -0.39 is 0 Å². The van der Waals surface area contributed by atoms with E-state index >= 15 is 0 Å². The summed E-state index contributed by atoms with van der Waals surface area (Å²) in [5, 5.41) is 0.732. The molecule has 148 valence electrons. The average molecular weight is 404 g/mol.